The van der Waals surface area contributed by atoms with E-state index in [4.69, 9.17) is 18.9 Å². The third kappa shape index (κ3) is 7.69. The number of nitrogens with one attached hydrogen (secondary N) is 1. The van der Waals surface area contributed by atoms with Crippen LogP contribution < -0.4 is 29.5 Å². The van der Waals surface area contributed by atoms with E-state index < -0.39 is 5.97 Å². The highest BCUT2D eigenvalue weighted by atomic mass is 32.1. The molecule has 1 aliphatic rings. The average Bonchev–Trinajstić information content (AvgIpc) is 3.47. The number of ether oxygens (including phenoxy) is 4. The van der Waals surface area contributed by atoms with Crippen LogP contribution >= 0.6 is 11.3 Å². The zero-order chi connectivity index (χ0) is 25.9. The van der Waals surface area contributed by atoms with Crippen LogP contribution in [0.3, 0.4) is 0 Å². The molecular formula is C26H34N2O7S. The lowest BCUT2D eigenvalue weighted by Gasteiger charge is -2.11. The molecule has 0 spiro atoms. The van der Waals surface area contributed by atoms with E-state index in [1.807, 2.05) is 26.0 Å². The third-order valence-corrected chi connectivity index (χ3v) is 6.40. The monoisotopic (exact) mass is 518 g/mol. The van der Waals surface area contributed by atoms with Gasteiger partial charge in [0, 0.05) is 13.2 Å². The number of esters is 1. The minimum atomic E-state index is -0.574. The van der Waals surface area contributed by atoms with Crippen molar-refractivity contribution < 1.29 is 28.5 Å². The topological polar surface area (TPSA) is 105 Å². The summed E-state index contributed by atoms with van der Waals surface area (Å²) in [6, 6.07) is 5.45. The molecule has 1 fully saturated rings. The summed E-state index contributed by atoms with van der Waals surface area (Å²) < 4.78 is 24.0. The minimum Gasteiger partial charge on any atom is -0.490 e. The van der Waals surface area contributed by atoms with Crippen LogP contribution in [0.15, 0.2) is 23.0 Å². The number of hydrogen-bond donors (Lipinski definition) is 1. The van der Waals surface area contributed by atoms with Crippen molar-refractivity contribution in [2.75, 3.05) is 33.0 Å². The van der Waals surface area contributed by atoms with Crippen LogP contribution in [0.5, 0.6) is 11.5 Å². The van der Waals surface area contributed by atoms with Gasteiger partial charge in [-0.15, -0.1) is 11.3 Å². The summed E-state index contributed by atoms with van der Waals surface area (Å²) in [5, 5.41) is 2.82. The molecule has 36 heavy (non-hydrogen) atoms. The van der Waals surface area contributed by atoms with Gasteiger partial charge in [-0.25, -0.2) is 4.79 Å². The number of carbonyl (C=O) groups is 2. The summed E-state index contributed by atoms with van der Waals surface area (Å²) in [6.07, 6.45) is 5.68. The molecule has 1 aromatic carbocycles. The molecular weight excluding hydrogens is 484 g/mol. The molecule has 10 heteroatoms. The normalized spacial score (nSPS) is 16.2. The zero-order valence-electron chi connectivity index (χ0n) is 21.0. The third-order valence-electron chi connectivity index (χ3n) is 5.34. The van der Waals surface area contributed by atoms with Crippen LogP contribution in [0.4, 0.5) is 0 Å². The Morgan fingerprint density at radius 3 is 2.72 bits per heavy atom. The fourth-order valence-corrected chi connectivity index (χ4v) is 4.71. The van der Waals surface area contributed by atoms with Crippen LogP contribution in [0.2, 0.25) is 0 Å². The summed E-state index contributed by atoms with van der Waals surface area (Å²) in [5.41, 5.74) is 0.366. The van der Waals surface area contributed by atoms with Gasteiger partial charge in [-0.3, -0.25) is 14.2 Å². The van der Waals surface area contributed by atoms with Crippen molar-refractivity contribution in [2.24, 2.45) is 0 Å². The molecule has 0 saturated carbocycles. The van der Waals surface area contributed by atoms with Crippen LogP contribution in [0.25, 0.3) is 12.2 Å². The highest BCUT2D eigenvalue weighted by Gasteiger charge is 2.17. The predicted molar refractivity (Wildman–Crippen MR) is 138 cm³/mol. The van der Waals surface area contributed by atoms with Gasteiger partial charge in [0.05, 0.1) is 36.5 Å². The number of nitrogens with zero attached hydrogens (tertiary/aromatic N) is 1. The molecule has 2 aromatic rings. The van der Waals surface area contributed by atoms with Gasteiger partial charge in [0.15, 0.2) is 11.5 Å². The Kier molecular flexibility index (Phi) is 10.6. The van der Waals surface area contributed by atoms with E-state index in [0.29, 0.717) is 47.1 Å². The zero-order valence-corrected chi connectivity index (χ0v) is 21.9. The molecule has 1 aliphatic heterocycles. The van der Waals surface area contributed by atoms with Gasteiger partial charge in [-0.1, -0.05) is 13.0 Å². The van der Waals surface area contributed by atoms with Crippen LogP contribution in [0, 0.1) is 0 Å². The van der Waals surface area contributed by atoms with E-state index in [2.05, 4.69) is 5.32 Å². The van der Waals surface area contributed by atoms with Crippen LogP contribution in [0.1, 0.15) is 45.6 Å². The molecule has 0 bridgehead atoms. The molecule has 1 amide bonds. The Balaban J connectivity index is 1.93. The predicted octanol–water partition coefficient (Wildman–Crippen LogP) is 1.56. The number of aromatic nitrogens is 1. The van der Waals surface area contributed by atoms with Gasteiger partial charge in [0.2, 0.25) is 5.91 Å². The van der Waals surface area contributed by atoms with Crippen molar-refractivity contribution in [3.05, 3.63) is 43.3 Å². The van der Waals surface area contributed by atoms with Crippen molar-refractivity contribution in [1.82, 2.24) is 9.88 Å². The standard InChI is InChI=1S/C26H34N2O7S/c1-4-11-35-20-10-9-18(13-21(20)32-5-2)14-22-26(31)28(24(36-22)15-25(30)33-6-3)17-23(29)27-16-19-8-7-12-34-19/h9-10,13-15,19H,4-8,11-12,16-17H2,1-3H3,(H,27,29)/b22-14+,24-15-. The Morgan fingerprint density at radius 2 is 2.03 bits per heavy atom. The van der Waals surface area contributed by atoms with Gasteiger partial charge < -0.3 is 24.3 Å². The SMILES string of the molecule is CCCOc1ccc(/C=c2/s/c(=C\C(=O)OCC)n(CC(=O)NCC3CCCO3)c2=O)cc1OCC. The van der Waals surface area contributed by atoms with Crippen molar-refractivity contribution in [1.29, 1.82) is 0 Å². The maximum Gasteiger partial charge on any atom is 0.333 e. The molecule has 1 aromatic heterocycles. The summed E-state index contributed by atoms with van der Waals surface area (Å²) in [5.74, 6) is 0.323. The van der Waals surface area contributed by atoms with Gasteiger partial charge in [0.25, 0.3) is 5.56 Å². The van der Waals surface area contributed by atoms with Gasteiger partial charge >= 0.3 is 5.97 Å². The average molecular weight is 519 g/mol. The van der Waals surface area contributed by atoms with E-state index in [-0.39, 0.29) is 30.7 Å². The van der Waals surface area contributed by atoms with Crippen LogP contribution in [-0.2, 0) is 25.6 Å². The van der Waals surface area contributed by atoms with E-state index in [1.165, 1.54) is 10.6 Å². The molecule has 1 N–H and O–H groups in total. The van der Waals surface area contributed by atoms with Gasteiger partial charge in [-0.2, -0.15) is 0 Å². The van der Waals surface area contributed by atoms with E-state index in [1.54, 1.807) is 19.1 Å². The van der Waals surface area contributed by atoms with Gasteiger partial charge in [0.1, 0.15) is 11.2 Å². The molecule has 0 aliphatic carbocycles. The summed E-state index contributed by atoms with van der Waals surface area (Å²) in [7, 11) is 0. The molecule has 196 valence electrons. The number of rotatable bonds is 12. The van der Waals surface area contributed by atoms with E-state index in [9.17, 15) is 14.4 Å². The number of thiazole rings is 1. The second-order valence-electron chi connectivity index (χ2n) is 8.16. The lowest BCUT2D eigenvalue weighted by molar-refractivity contribution is -0.135. The number of hydrogen-bond acceptors (Lipinski definition) is 8. The van der Waals surface area contributed by atoms with Crippen molar-refractivity contribution in [3.63, 3.8) is 0 Å². The fraction of sp³-hybridized carbons (Fsp3) is 0.500. The first-order valence-electron chi connectivity index (χ1n) is 12.3. The number of carbonyl (C=O) groups excluding carboxylic acids is 2. The first-order chi connectivity index (χ1) is 17.4. The molecule has 3 rings (SSSR count). The molecule has 2 heterocycles. The Hall–Kier alpha value is -3.11. The first-order valence-corrected chi connectivity index (χ1v) is 13.1. The maximum atomic E-state index is 13.3. The Morgan fingerprint density at radius 1 is 1.19 bits per heavy atom. The Bertz CT molecular complexity index is 1210. The highest BCUT2D eigenvalue weighted by Crippen LogP contribution is 2.29. The number of amides is 1. The molecule has 1 saturated heterocycles. The van der Waals surface area contributed by atoms with E-state index in [0.717, 1.165) is 36.2 Å². The first kappa shape index (κ1) is 27.5. The minimum absolute atomic E-state index is 0.00795. The van der Waals surface area contributed by atoms with Crippen molar-refractivity contribution >= 4 is 35.4 Å². The lowest BCUT2D eigenvalue weighted by atomic mass is 10.2. The molecule has 0 radical (unpaired) electrons. The highest BCUT2D eigenvalue weighted by molar-refractivity contribution is 7.07. The lowest BCUT2D eigenvalue weighted by Crippen LogP contribution is -2.40. The maximum absolute atomic E-state index is 13.3. The van der Waals surface area contributed by atoms with Crippen molar-refractivity contribution in [2.45, 2.75) is 52.7 Å². The van der Waals surface area contributed by atoms with E-state index >= 15 is 0 Å². The largest absolute Gasteiger partial charge is 0.490 e. The molecule has 1 unspecified atom stereocenters. The van der Waals surface area contributed by atoms with Gasteiger partial charge in [-0.05, 0) is 56.9 Å². The number of benzene rings is 1. The second kappa shape index (κ2) is 13.8. The molecule has 9 nitrogen and oxygen atoms in total. The smallest absolute Gasteiger partial charge is 0.333 e. The van der Waals surface area contributed by atoms with Crippen LogP contribution in [-0.4, -0.2) is 55.5 Å². The van der Waals surface area contributed by atoms with Crippen molar-refractivity contribution in [3.8, 4) is 11.5 Å². The summed E-state index contributed by atoms with van der Waals surface area (Å²) in [4.78, 5) is 38.0. The second-order valence-corrected chi connectivity index (χ2v) is 9.23. The quantitative estimate of drug-likeness (QED) is 0.425. The summed E-state index contributed by atoms with van der Waals surface area (Å²) >= 11 is 1.12. The summed E-state index contributed by atoms with van der Waals surface area (Å²) in [6.45, 7) is 7.73. The fourth-order valence-electron chi connectivity index (χ4n) is 3.68. The Labute approximate surface area is 214 Å². The molecule has 1 atom stereocenters.